The third-order valence-electron chi connectivity index (χ3n) is 5.91. The largest absolute Gasteiger partial charge is 0.497 e. The van der Waals surface area contributed by atoms with Gasteiger partial charge in [-0.1, -0.05) is 30.3 Å². The minimum Gasteiger partial charge on any atom is -0.497 e. The van der Waals surface area contributed by atoms with Crippen LogP contribution in [-0.2, 0) is 13.1 Å². The molecule has 36 heavy (non-hydrogen) atoms. The average Bonchev–Trinajstić information content (AvgIpc) is 2.91. The molecule has 8 heteroatoms. The highest BCUT2D eigenvalue weighted by Gasteiger charge is 2.25. The van der Waals surface area contributed by atoms with E-state index in [4.69, 9.17) is 4.74 Å². The quantitative estimate of drug-likeness (QED) is 0.319. The van der Waals surface area contributed by atoms with E-state index < -0.39 is 0 Å². The van der Waals surface area contributed by atoms with E-state index in [9.17, 15) is 9.59 Å². The van der Waals surface area contributed by atoms with Crippen LogP contribution >= 0.6 is 0 Å². The highest BCUT2D eigenvalue weighted by atomic mass is 16.5. The SMILES string of the molecule is COc1ccc(CN2Cc3c(Nc4ccc(NC(=O)c5ccccc5)cc4)ccnc3NC2=O)cc1. The molecule has 8 nitrogen and oxygen atoms in total. The standard InChI is InChI=1S/C28H25N5O3/c1-36-23-13-7-19(8-14-23)17-33-18-24-25(15-16-29-26(24)32-28(33)35)30-21-9-11-22(12-10-21)31-27(34)20-5-3-2-4-6-20/h2-16H,17-18H2,1H3,(H,31,34)(H2,29,30,32,35). The fourth-order valence-electron chi connectivity index (χ4n) is 3.98. The number of methoxy groups -OCH3 is 1. The Morgan fingerprint density at radius 1 is 0.972 bits per heavy atom. The number of rotatable bonds is 7. The van der Waals surface area contributed by atoms with Crippen molar-refractivity contribution in [3.05, 3.63) is 108 Å². The topological polar surface area (TPSA) is 95.6 Å². The van der Waals surface area contributed by atoms with E-state index in [2.05, 4.69) is 20.9 Å². The molecule has 5 rings (SSSR count). The van der Waals surface area contributed by atoms with Crippen LogP contribution in [0.15, 0.2) is 91.1 Å². The van der Waals surface area contributed by atoms with Crippen molar-refractivity contribution >= 4 is 34.8 Å². The Labute approximate surface area is 208 Å². The second-order valence-corrected chi connectivity index (χ2v) is 8.34. The Bertz CT molecular complexity index is 1370. The van der Waals surface area contributed by atoms with Gasteiger partial charge in [0.15, 0.2) is 0 Å². The molecule has 0 spiro atoms. The molecule has 4 aromatic rings. The van der Waals surface area contributed by atoms with E-state index in [1.165, 1.54) is 0 Å². The first-order valence-corrected chi connectivity index (χ1v) is 11.5. The Hall–Kier alpha value is -4.85. The molecule has 3 N–H and O–H groups in total. The first kappa shape index (κ1) is 22.9. The number of hydrogen-bond acceptors (Lipinski definition) is 5. The lowest BCUT2D eigenvalue weighted by atomic mass is 10.1. The van der Waals surface area contributed by atoms with E-state index in [1.54, 1.807) is 30.3 Å². The number of nitrogens with one attached hydrogen (secondary N) is 3. The molecule has 1 aliphatic rings. The number of ether oxygens (including phenoxy) is 1. The zero-order valence-corrected chi connectivity index (χ0v) is 19.7. The van der Waals surface area contributed by atoms with Gasteiger partial charge in [0.2, 0.25) is 0 Å². The zero-order valence-electron chi connectivity index (χ0n) is 19.7. The number of anilines is 4. The van der Waals surface area contributed by atoms with Gasteiger partial charge in [-0.25, -0.2) is 9.78 Å². The number of fused-ring (bicyclic) bond motifs is 1. The minimum absolute atomic E-state index is 0.160. The van der Waals surface area contributed by atoms with Gasteiger partial charge in [0.1, 0.15) is 11.6 Å². The van der Waals surface area contributed by atoms with Gasteiger partial charge in [-0.15, -0.1) is 0 Å². The van der Waals surface area contributed by atoms with Crippen LogP contribution < -0.4 is 20.7 Å². The van der Waals surface area contributed by atoms with Gasteiger partial charge in [0.25, 0.3) is 5.91 Å². The third-order valence-corrected chi connectivity index (χ3v) is 5.91. The molecule has 0 unspecified atom stereocenters. The number of aromatic nitrogens is 1. The minimum atomic E-state index is -0.193. The number of urea groups is 1. The molecule has 2 heterocycles. The summed E-state index contributed by atoms with van der Waals surface area (Å²) in [5, 5.41) is 9.20. The van der Waals surface area contributed by atoms with E-state index in [-0.39, 0.29) is 11.9 Å². The van der Waals surface area contributed by atoms with Crippen molar-refractivity contribution < 1.29 is 14.3 Å². The van der Waals surface area contributed by atoms with Crippen molar-refractivity contribution in [2.45, 2.75) is 13.1 Å². The van der Waals surface area contributed by atoms with Gasteiger partial charge < -0.3 is 20.3 Å². The molecule has 1 aliphatic heterocycles. The molecule has 1 aromatic heterocycles. The summed E-state index contributed by atoms with van der Waals surface area (Å²) in [6.07, 6.45) is 1.66. The monoisotopic (exact) mass is 479 g/mol. The van der Waals surface area contributed by atoms with Gasteiger partial charge in [-0.3, -0.25) is 10.1 Å². The fraction of sp³-hybridized carbons (Fsp3) is 0.107. The molecule has 180 valence electrons. The molecule has 0 radical (unpaired) electrons. The molecule has 0 bridgehead atoms. The fourth-order valence-corrected chi connectivity index (χ4v) is 3.98. The highest BCUT2D eigenvalue weighted by molar-refractivity contribution is 6.04. The molecule has 0 atom stereocenters. The highest BCUT2D eigenvalue weighted by Crippen LogP contribution is 2.31. The van der Waals surface area contributed by atoms with Crippen LogP contribution in [0, 0.1) is 0 Å². The van der Waals surface area contributed by atoms with Crippen molar-refractivity contribution in [2.75, 3.05) is 23.1 Å². The summed E-state index contributed by atoms with van der Waals surface area (Å²) >= 11 is 0. The third kappa shape index (κ3) is 5.12. The second kappa shape index (κ2) is 10.2. The first-order chi connectivity index (χ1) is 17.6. The van der Waals surface area contributed by atoms with E-state index in [1.807, 2.05) is 72.8 Å². The number of hydrogen-bond donors (Lipinski definition) is 3. The predicted molar refractivity (Wildman–Crippen MR) is 140 cm³/mol. The summed E-state index contributed by atoms with van der Waals surface area (Å²) in [4.78, 5) is 31.2. The predicted octanol–water partition coefficient (Wildman–Crippen LogP) is 5.63. The lowest BCUT2D eigenvalue weighted by molar-refractivity contribution is 0.102. The number of carbonyl (C=O) groups excluding carboxylic acids is 2. The summed E-state index contributed by atoms with van der Waals surface area (Å²) in [6.45, 7) is 0.869. The van der Waals surface area contributed by atoms with Crippen LogP contribution in [0.4, 0.5) is 27.7 Å². The van der Waals surface area contributed by atoms with Gasteiger partial charge >= 0.3 is 6.03 Å². The lowest BCUT2D eigenvalue weighted by Gasteiger charge is -2.30. The van der Waals surface area contributed by atoms with Crippen LogP contribution in [0.2, 0.25) is 0 Å². The van der Waals surface area contributed by atoms with Crippen molar-refractivity contribution in [1.82, 2.24) is 9.88 Å². The molecule has 3 aromatic carbocycles. The second-order valence-electron chi connectivity index (χ2n) is 8.34. The van der Waals surface area contributed by atoms with Crippen LogP contribution in [0.5, 0.6) is 5.75 Å². The Morgan fingerprint density at radius 3 is 2.42 bits per heavy atom. The van der Waals surface area contributed by atoms with Crippen LogP contribution in [-0.4, -0.2) is 28.9 Å². The normalized spacial score (nSPS) is 12.4. The van der Waals surface area contributed by atoms with Crippen molar-refractivity contribution in [3.63, 3.8) is 0 Å². The summed E-state index contributed by atoms with van der Waals surface area (Å²) < 4.78 is 5.22. The maximum atomic E-state index is 12.7. The van der Waals surface area contributed by atoms with E-state index in [0.717, 1.165) is 28.3 Å². The maximum absolute atomic E-state index is 12.7. The van der Waals surface area contributed by atoms with Crippen molar-refractivity contribution in [1.29, 1.82) is 0 Å². The molecule has 0 saturated heterocycles. The Balaban J connectivity index is 1.28. The van der Waals surface area contributed by atoms with Gasteiger partial charge in [0, 0.05) is 40.9 Å². The number of amides is 3. The zero-order chi connectivity index (χ0) is 24.9. The van der Waals surface area contributed by atoms with Crippen LogP contribution in [0.25, 0.3) is 0 Å². The summed E-state index contributed by atoms with van der Waals surface area (Å²) in [6, 6.07) is 25.9. The van der Waals surface area contributed by atoms with Crippen molar-refractivity contribution in [3.8, 4) is 5.75 Å². The molecule has 0 fully saturated rings. The number of carbonyl (C=O) groups is 2. The Morgan fingerprint density at radius 2 is 1.69 bits per heavy atom. The Kier molecular flexibility index (Phi) is 6.48. The smallest absolute Gasteiger partial charge is 0.323 e. The van der Waals surface area contributed by atoms with E-state index >= 15 is 0 Å². The van der Waals surface area contributed by atoms with Crippen LogP contribution in [0.3, 0.4) is 0 Å². The lowest BCUT2D eigenvalue weighted by Crippen LogP contribution is -2.38. The number of pyridine rings is 1. The average molecular weight is 480 g/mol. The van der Waals surface area contributed by atoms with Crippen molar-refractivity contribution in [2.24, 2.45) is 0 Å². The van der Waals surface area contributed by atoms with Crippen LogP contribution in [0.1, 0.15) is 21.5 Å². The summed E-state index contributed by atoms with van der Waals surface area (Å²) in [7, 11) is 1.62. The number of nitrogens with zero attached hydrogens (tertiary/aromatic N) is 2. The molecular formula is C28H25N5O3. The number of benzene rings is 3. The van der Waals surface area contributed by atoms with E-state index in [0.29, 0.717) is 30.2 Å². The van der Waals surface area contributed by atoms with Gasteiger partial charge in [-0.2, -0.15) is 0 Å². The molecule has 0 saturated carbocycles. The molecule has 3 amide bonds. The maximum Gasteiger partial charge on any atom is 0.323 e. The van der Waals surface area contributed by atoms with Gasteiger partial charge in [0.05, 0.1) is 13.7 Å². The molecular weight excluding hydrogens is 454 g/mol. The summed E-state index contributed by atoms with van der Waals surface area (Å²) in [5.74, 6) is 1.16. The summed E-state index contributed by atoms with van der Waals surface area (Å²) in [5.41, 5.74) is 4.89. The van der Waals surface area contributed by atoms with Gasteiger partial charge in [-0.05, 0) is 60.2 Å². The molecule has 0 aliphatic carbocycles. The first-order valence-electron chi connectivity index (χ1n) is 11.5.